The van der Waals surface area contributed by atoms with E-state index in [0.717, 1.165) is 0 Å². The lowest BCUT2D eigenvalue weighted by Crippen LogP contribution is -2.02. The molecule has 0 amide bonds. The Kier molecular flexibility index (Phi) is 3.10. The van der Waals surface area contributed by atoms with Gasteiger partial charge >= 0.3 is 5.97 Å². The molecule has 0 spiro atoms. The average molecular weight is 190 g/mol. The first kappa shape index (κ1) is 9.06. The van der Waals surface area contributed by atoms with Crippen molar-refractivity contribution >= 4 is 17.6 Å². The molecule has 0 radical (unpaired) electrons. The second-order valence-electron chi connectivity index (χ2n) is 2.04. The van der Waals surface area contributed by atoms with Crippen molar-refractivity contribution in [3.05, 3.63) is 17.5 Å². The summed E-state index contributed by atoms with van der Waals surface area (Å²) < 4.78 is 9.33. The first-order valence-corrected chi connectivity index (χ1v) is 4.00. The van der Waals surface area contributed by atoms with Crippen LogP contribution in [-0.2, 0) is 10.6 Å². The molecule has 0 bridgehead atoms. The number of ether oxygens (including phenoxy) is 1. The standard InChI is InChI=1S/C7H8ClNO3/c1-2-11-7(10)6-3-5(4-8)9-12-6/h3H,2,4H2,1H3. The van der Waals surface area contributed by atoms with Crippen LogP contribution in [-0.4, -0.2) is 17.7 Å². The molecule has 0 aliphatic carbocycles. The molecular formula is C7H8ClNO3. The van der Waals surface area contributed by atoms with Crippen molar-refractivity contribution in [2.75, 3.05) is 6.61 Å². The molecule has 4 nitrogen and oxygen atoms in total. The second-order valence-corrected chi connectivity index (χ2v) is 2.30. The summed E-state index contributed by atoms with van der Waals surface area (Å²) in [4.78, 5) is 11.0. The van der Waals surface area contributed by atoms with E-state index in [9.17, 15) is 4.79 Å². The number of hydrogen-bond acceptors (Lipinski definition) is 4. The Morgan fingerprint density at radius 2 is 2.58 bits per heavy atom. The fraction of sp³-hybridized carbons (Fsp3) is 0.429. The first-order chi connectivity index (χ1) is 5.77. The SMILES string of the molecule is CCOC(=O)c1cc(CCl)no1. The number of halogens is 1. The van der Waals surface area contributed by atoms with Gasteiger partial charge in [-0.25, -0.2) is 4.79 Å². The van der Waals surface area contributed by atoms with Crippen LogP contribution in [0.25, 0.3) is 0 Å². The van der Waals surface area contributed by atoms with Crippen molar-refractivity contribution in [2.45, 2.75) is 12.8 Å². The topological polar surface area (TPSA) is 52.3 Å². The van der Waals surface area contributed by atoms with Crippen molar-refractivity contribution in [2.24, 2.45) is 0 Å². The quantitative estimate of drug-likeness (QED) is 0.535. The van der Waals surface area contributed by atoms with E-state index in [1.54, 1.807) is 6.92 Å². The van der Waals surface area contributed by atoms with Gasteiger partial charge in [0.1, 0.15) is 0 Å². The van der Waals surface area contributed by atoms with E-state index < -0.39 is 5.97 Å². The Morgan fingerprint density at radius 1 is 1.83 bits per heavy atom. The van der Waals surface area contributed by atoms with E-state index in [-0.39, 0.29) is 11.6 Å². The number of carbonyl (C=O) groups is 1. The minimum absolute atomic E-state index is 0.0903. The Morgan fingerprint density at radius 3 is 3.08 bits per heavy atom. The zero-order valence-electron chi connectivity index (χ0n) is 6.54. The van der Waals surface area contributed by atoms with Gasteiger partial charge in [-0.15, -0.1) is 11.6 Å². The molecule has 0 N–H and O–H groups in total. The molecule has 0 saturated heterocycles. The average Bonchev–Trinajstić information content (AvgIpc) is 2.52. The fourth-order valence-corrected chi connectivity index (χ4v) is 0.799. The van der Waals surface area contributed by atoms with Crippen LogP contribution in [0.4, 0.5) is 0 Å². The normalized spacial score (nSPS) is 9.83. The first-order valence-electron chi connectivity index (χ1n) is 3.46. The molecule has 0 aromatic carbocycles. The van der Waals surface area contributed by atoms with Crippen LogP contribution in [0.3, 0.4) is 0 Å². The summed E-state index contributed by atoms with van der Waals surface area (Å²) >= 11 is 5.45. The van der Waals surface area contributed by atoms with Gasteiger partial charge < -0.3 is 9.26 Å². The van der Waals surface area contributed by atoms with Crippen LogP contribution in [0.2, 0.25) is 0 Å². The van der Waals surface area contributed by atoms with Crippen molar-refractivity contribution in [3.8, 4) is 0 Å². The summed E-state index contributed by atoms with van der Waals surface area (Å²) in [5, 5.41) is 3.53. The molecule has 5 heteroatoms. The molecular weight excluding hydrogens is 182 g/mol. The molecule has 0 fully saturated rings. The van der Waals surface area contributed by atoms with Gasteiger partial charge in [0.15, 0.2) is 0 Å². The van der Waals surface area contributed by atoms with E-state index in [0.29, 0.717) is 12.3 Å². The van der Waals surface area contributed by atoms with Crippen LogP contribution < -0.4 is 0 Å². The number of alkyl halides is 1. The number of esters is 1. The molecule has 0 atom stereocenters. The third-order valence-corrected chi connectivity index (χ3v) is 1.45. The van der Waals surface area contributed by atoms with Gasteiger partial charge in [0.2, 0.25) is 5.76 Å². The van der Waals surface area contributed by atoms with Crippen molar-refractivity contribution in [1.29, 1.82) is 0 Å². The van der Waals surface area contributed by atoms with Gasteiger partial charge in [-0.05, 0) is 6.92 Å². The highest BCUT2D eigenvalue weighted by atomic mass is 35.5. The van der Waals surface area contributed by atoms with Gasteiger partial charge in [0.25, 0.3) is 0 Å². The fourth-order valence-electron chi connectivity index (χ4n) is 0.673. The second kappa shape index (κ2) is 4.11. The molecule has 0 aliphatic rings. The maximum atomic E-state index is 11.0. The van der Waals surface area contributed by atoms with Gasteiger partial charge in [-0.2, -0.15) is 0 Å². The van der Waals surface area contributed by atoms with E-state index in [1.807, 2.05) is 0 Å². The zero-order chi connectivity index (χ0) is 8.97. The predicted octanol–water partition coefficient (Wildman–Crippen LogP) is 1.59. The van der Waals surface area contributed by atoms with Gasteiger partial charge in [-0.1, -0.05) is 5.16 Å². The summed E-state index contributed by atoms with van der Waals surface area (Å²) in [5.74, 6) is -0.197. The predicted molar refractivity (Wildman–Crippen MR) is 42.0 cm³/mol. The van der Waals surface area contributed by atoms with E-state index in [1.165, 1.54) is 6.07 Å². The lowest BCUT2D eigenvalue weighted by atomic mass is 10.4. The molecule has 66 valence electrons. The highest BCUT2D eigenvalue weighted by molar-refractivity contribution is 6.16. The maximum absolute atomic E-state index is 11.0. The minimum atomic E-state index is -0.513. The molecule has 1 aromatic rings. The number of hydrogen-bond donors (Lipinski definition) is 0. The zero-order valence-corrected chi connectivity index (χ0v) is 7.30. The molecule has 1 rings (SSSR count). The molecule has 0 aliphatic heterocycles. The lowest BCUT2D eigenvalue weighted by Gasteiger charge is -1.94. The summed E-state index contributed by atoms with van der Waals surface area (Å²) in [6.07, 6.45) is 0. The van der Waals surface area contributed by atoms with Crippen molar-refractivity contribution in [3.63, 3.8) is 0 Å². The van der Waals surface area contributed by atoms with Gasteiger partial charge in [0.05, 0.1) is 18.2 Å². The Hall–Kier alpha value is -1.03. The van der Waals surface area contributed by atoms with E-state index >= 15 is 0 Å². The van der Waals surface area contributed by atoms with Crippen LogP contribution in [0.5, 0.6) is 0 Å². The van der Waals surface area contributed by atoms with Crippen LogP contribution in [0.1, 0.15) is 23.2 Å². The smallest absolute Gasteiger partial charge is 0.377 e. The Balaban J connectivity index is 2.68. The molecule has 0 unspecified atom stereocenters. The number of nitrogens with zero attached hydrogens (tertiary/aromatic N) is 1. The summed E-state index contributed by atoms with van der Waals surface area (Å²) in [6.45, 7) is 2.03. The summed E-state index contributed by atoms with van der Waals surface area (Å²) in [6, 6.07) is 1.46. The molecule has 0 saturated carbocycles. The third-order valence-electron chi connectivity index (χ3n) is 1.17. The number of rotatable bonds is 3. The highest BCUT2D eigenvalue weighted by Gasteiger charge is 2.12. The Bertz CT molecular complexity index is 271. The van der Waals surface area contributed by atoms with Crippen molar-refractivity contribution < 1.29 is 14.1 Å². The Labute approximate surface area is 74.4 Å². The minimum Gasteiger partial charge on any atom is -0.460 e. The van der Waals surface area contributed by atoms with Crippen LogP contribution in [0, 0.1) is 0 Å². The molecule has 1 aromatic heterocycles. The van der Waals surface area contributed by atoms with Crippen LogP contribution in [0.15, 0.2) is 10.6 Å². The van der Waals surface area contributed by atoms with Gasteiger partial charge in [0, 0.05) is 6.07 Å². The number of aromatic nitrogens is 1. The number of carbonyl (C=O) groups excluding carboxylic acids is 1. The molecule has 12 heavy (non-hydrogen) atoms. The van der Waals surface area contributed by atoms with Crippen LogP contribution >= 0.6 is 11.6 Å². The molecule has 1 heterocycles. The largest absolute Gasteiger partial charge is 0.460 e. The maximum Gasteiger partial charge on any atom is 0.377 e. The van der Waals surface area contributed by atoms with E-state index in [4.69, 9.17) is 11.6 Å². The van der Waals surface area contributed by atoms with Crippen molar-refractivity contribution in [1.82, 2.24) is 5.16 Å². The summed E-state index contributed by atoms with van der Waals surface area (Å²) in [5.41, 5.74) is 0.528. The van der Waals surface area contributed by atoms with Gasteiger partial charge in [-0.3, -0.25) is 0 Å². The lowest BCUT2D eigenvalue weighted by molar-refractivity contribution is 0.0479. The summed E-state index contributed by atoms with van der Waals surface area (Å²) in [7, 11) is 0. The van der Waals surface area contributed by atoms with E-state index in [2.05, 4.69) is 14.4 Å². The highest BCUT2D eigenvalue weighted by Crippen LogP contribution is 2.07. The monoisotopic (exact) mass is 189 g/mol. The third kappa shape index (κ3) is 1.98.